The van der Waals surface area contributed by atoms with Gasteiger partial charge in [-0.05, 0) is 25.0 Å². The fourth-order valence-electron chi connectivity index (χ4n) is 3.44. The molecule has 0 radical (unpaired) electrons. The number of hydrogen-bond acceptors (Lipinski definition) is 3. The van der Waals surface area contributed by atoms with Gasteiger partial charge < -0.3 is 15.2 Å². The average molecular weight is 279 g/mol. The summed E-state index contributed by atoms with van der Waals surface area (Å²) in [4.78, 5) is 0. The van der Waals surface area contributed by atoms with E-state index < -0.39 is 0 Å². The molecule has 1 aliphatic carbocycles. The number of halogens is 1. The molecular weight excluding hydrogens is 257 g/mol. The van der Waals surface area contributed by atoms with Crippen LogP contribution in [-0.4, -0.2) is 18.3 Å². The summed E-state index contributed by atoms with van der Waals surface area (Å²) in [7, 11) is 0. The molecule has 1 saturated heterocycles. The molecule has 2 aliphatic rings. The van der Waals surface area contributed by atoms with Crippen LogP contribution in [0.3, 0.4) is 0 Å². The molecule has 2 N–H and O–H groups in total. The third kappa shape index (κ3) is 2.75. The van der Waals surface area contributed by atoms with Crippen molar-refractivity contribution in [3.8, 4) is 5.75 Å². The van der Waals surface area contributed by atoms with Crippen molar-refractivity contribution >= 4 is 5.69 Å². The molecule has 0 amide bonds. The predicted octanol–water partition coefficient (Wildman–Crippen LogP) is 3.67. The lowest BCUT2D eigenvalue weighted by Crippen LogP contribution is -2.45. The minimum absolute atomic E-state index is 0.000972. The van der Waals surface area contributed by atoms with E-state index in [4.69, 9.17) is 15.2 Å². The van der Waals surface area contributed by atoms with Crippen molar-refractivity contribution in [1.82, 2.24) is 0 Å². The molecule has 2 fully saturated rings. The molecule has 0 aromatic heterocycles. The lowest BCUT2D eigenvalue weighted by atomic mass is 9.79. The van der Waals surface area contributed by atoms with Crippen LogP contribution in [0.1, 0.15) is 44.9 Å². The molecule has 3 rings (SSSR count). The Labute approximate surface area is 119 Å². The zero-order valence-corrected chi connectivity index (χ0v) is 11.7. The summed E-state index contributed by atoms with van der Waals surface area (Å²) in [6, 6.07) is 4.67. The van der Waals surface area contributed by atoms with E-state index in [9.17, 15) is 4.39 Å². The van der Waals surface area contributed by atoms with Gasteiger partial charge in [0.25, 0.3) is 0 Å². The van der Waals surface area contributed by atoms with Gasteiger partial charge in [0, 0.05) is 12.8 Å². The molecule has 1 aromatic rings. The van der Waals surface area contributed by atoms with Gasteiger partial charge in [-0.3, -0.25) is 0 Å². The summed E-state index contributed by atoms with van der Waals surface area (Å²) in [6.07, 6.45) is 7.57. The molecule has 1 aromatic carbocycles. The normalized spacial score (nSPS) is 25.6. The Hall–Kier alpha value is -1.29. The molecule has 1 saturated carbocycles. The number of para-hydroxylation sites is 1. The fourth-order valence-corrected chi connectivity index (χ4v) is 3.44. The average Bonchev–Trinajstić information content (AvgIpc) is 2.44. The standard InChI is InChI=1S/C16H22FNO2/c17-13-5-4-6-14(18)15(13)20-12-7-10-19-16(11-12)8-2-1-3-9-16/h4-6,12H,1-3,7-11,18H2. The van der Waals surface area contributed by atoms with Gasteiger partial charge in [-0.15, -0.1) is 0 Å². The number of rotatable bonds is 2. The van der Waals surface area contributed by atoms with Gasteiger partial charge in [0.15, 0.2) is 11.6 Å². The molecule has 1 spiro atoms. The van der Waals surface area contributed by atoms with Crippen molar-refractivity contribution in [1.29, 1.82) is 0 Å². The van der Waals surface area contributed by atoms with Crippen LogP contribution in [0.15, 0.2) is 18.2 Å². The molecule has 110 valence electrons. The largest absolute Gasteiger partial charge is 0.485 e. The highest BCUT2D eigenvalue weighted by Gasteiger charge is 2.39. The zero-order valence-electron chi connectivity index (χ0n) is 11.7. The van der Waals surface area contributed by atoms with Gasteiger partial charge in [-0.1, -0.05) is 25.3 Å². The number of anilines is 1. The van der Waals surface area contributed by atoms with Crippen molar-refractivity contribution < 1.29 is 13.9 Å². The van der Waals surface area contributed by atoms with Crippen LogP contribution in [0, 0.1) is 5.82 Å². The van der Waals surface area contributed by atoms with Gasteiger partial charge in [-0.25, -0.2) is 4.39 Å². The van der Waals surface area contributed by atoms with Crippen molar-refractivity contribution in [3.63, 3.8) is 0 Å². The van der Waals surface area contributed by atoms with E-state index in [1.807, 2.05) is 0 Å². The van der Waals surface area contributed by atoms with Gasteiger partial charge in [0.1, 0.15) is 6.10 Å². The second-order valence-corrected chi connectivity index (χ2v) is 5.98. The lowest BCUT2D eigenvalue weighted by Gasteiger charge is -2.43. The van der Waals surface area contributed by atoms with E-state index in [0.717, 1.165) is 25.7 Å². The van der Waals surface area contributed by atoms with E-state index in [1.54, 1.807) is 12.1 Å². The maximum absolute atomic E-state index is 13.8. The quantitative estimate of drug-likeness (QED) is 0.840. The minimum atomic E-state index is -0.380. The second-order valence-electron chi connectivity index (χ2n) is 5.98. The highest BCUT2D eigenvalue weighted by atomic mass is 19.1. The number of ether oxygens (including phenoxy) is 2. The highest BCUT2D eigenvalue weighted by Crippen LogP contribution is 2.40. The summed E-state index contributed by atoms with van der Waals surface area (Å²) in [5.41, 5.74) is 6.14. The van der Waals surface area contributed by atoms with Gasteiger partial charge >= 0.3 is 0 Å². The summed E-state index contributed by atoms with van der Waals surface area (Å²) in [5.74, 6) is -0.181. The van der Waals surface area contributed by atoms with Crippen molar-refractivity contribution in [2.45, 2.75) is 56.7 Å². The van der Waals surface area contributed by atoms with Crippen LogP contribution in [0.5, 0.6) is 5.75 Å². The monoisotopic (exact) mass is 279 g/mol. The van der Waals surface area contributed by atoms with Crippen LogP contribution in [0.2, 0.25) is 0 Å². The molecule has 20 heavy (non-hydrogen) atoms. The Balaban J connectivity index is 1.71. The highest BCUT2D eigenvalue weighted by molar-refractivity contribution is 5.52. The second kappa shape index (κ2) is 5.60. The van der Waals surface area contributed by atoms with Crippen molar-refractivity contribution in [3.05, 3.63) is 24.0 Å². The first-order valence-corrected chi connectivity index (χ1v) is 7.53. The maximum Gasteiger partial charge on any atom is 0.178 e. The van der Waals surface area contributed by atoms with E-state index in [-0.39, 0.29) is 23.3 Å². The molecule has 0 bridgehead atoms. The Morgan fingerprint density at radius 3 is 2.80 bits per heavy atom. The lowest BCUT2D eigenvalue weighted by molar-refractivity contribution is -0.130. The van der Waals surface area contributed by atoms with E-state index in [1.165, 1.54) is 25.3 Å². The molecule has 1 unspecified atom stereocenters. The number of nitrogens with two attached hydrogens (primary N) is 1. The Kier molecular flexibility index (Phi) is 3.83. The number of nitrogen functional groups attached to an aromatic ring is 1. The Morgan fingerprint density at radius 1 is 1.25 bits per heavy atom. The molecule has 1 atom stereocenters. The summed E-state index contributed by atoms with van der Waals surface area (Å²) < 4.78 is 25.7. The maximum atomic E-state index is 13.8. The first-order chi connectivity index (χ1) is 9.69. The predicted molar refractivity (Wildman–Crippen MR) is 76.2 cm³/mol. The van der Waals surface area contributed by atoms with E-state index in [2.05, 4.69) is 0 Å². The Morgan fingerprint density at radius 2 is 2.05 bits per heavy atom. The topological polar surface area (TPSA) is 44.5 Å². The molecule has 1 aliphatic heterocycles. The van der Waals surface area contributed by atoms with Crippen LogP contribution in [-0.2, 0) is 4.74 Å². The third-order valence-electron chi connectivity index (χ3n) is 4.49. The number of benzene rings is 1. The molecule has 3 nitrogen and oxygen atoms in total. The van der Waals surface area contributed by atoms with E-state index >= 15 is 0 Å². The number of hydrogen-bond donors (Lipinski definition) is 1. The summed E-state index contributed by atoms with van der Waals surface area (Å²) in [5, 5.41) is 0. The SMILES string of the molecule is Nc1cccc(F)c1OC1CCOC2(CCCCC2)C1. The van der Waals surface area contributed by atoms with Crippen molar-refractivity contribution in [2.24, 2.45) is 0 Å². The van der Waals surface area contributed by atoms with Crippen LogP contribution in [0.4, 0.5) is 10.1 Å². The first kappa shape index (κ1) is 13.7. The van der Waals surface area contributed by atoms with Crippen LogP contribution < -0.4 is 10.5 Å². The van der Waals surface area contributed by atoms with E-state index in [0.29, 0.717) is 12.3 Å². The summed E-state index contributed by atoms with van der Waals surface area (Å²) >= 11 is 0. The van der Waals surface area contributed by atoms with Gasteiger partial charge in [0.2, 0.25) is 0 Å². The first-order valence-electron chi connectivity index (χ1n) is 7.53. The fraction of sp³-hybridized carbons (Fsp3) is 0.625. The zero-order chi connectivity index (χ0) is 14.0. The molecular formula is C16H22FNO2. The third-order valence-corrected chi connectivity index (χ3v) is 4.49. The van der Waals surface area contributed by atoms with Crippen molar-refractivity contribution in [2.75, 3.05) is 12.3 Å². The van der Waals surface area contributed by atoms with Gasteiger partial charge in [-0.2, -0.15) is 0 Å². The molecule has 1 heterocycles. The van der Waals surface area contributed by atoms with Gasteiger partial charge in [0.05, 0.1) is 17.9 Å². The molecule has 4 heteroatoms. The van der Waals surface area contributed by atoms with Crippen LogP contribution >= 0.6 is 0 Å². The van der Waals surface area contributed by atoms with Crippen LogP contribution in [0.25, 0.3) is 0 Å². The smallest absolute Gasteiger partial charge is 0.178 e. The Bertz CT molecular complexity index is 446. The minimum Gasteiger partial charge on any atom is -0.485 e. The summed E-state index contributed by atoms with van der Waals surface area (Å²) in [6.45, 7) is 0.693.